The molecule has 4 rings (SSSR count). The molecule has 0 saturated heterocycles. The maximum Gasteiger partial charge on any atom is 0.0488 e. The predicted octanol–water partition coefficient (Wildman–Crippen LogP) is 5.60. The van der Waals surface area contributed by atoms with E-state index < -0.39 is 0 Å². The molecule has 0 unspecified atom stereocenters. The van der Waals surface area contributed by atoms with E-state index in [0.29, 0.717) is 0 Å². The van der Waals surface area contributed by atoms with Crippen LogP contribution in [-0.2, 0) is 19.5 Å². The van der Waals surface area contributed by atoms with Gasteiger partial charge in [0.25, 0.3) is 0 Å². The lowest BCUT2D eigenvalue weighted by atomic mass is 10.0. The van der Waals surface area contributed by atoms with Gasteiger partial charge in [-0.2, -0.15) is 0 Å². The molecule has 0 radical (unpaired) electrons. The summed E-state index contributed by atoms with van der Waals surface area (Å²) in [4.78, 5) is 2.33. The van der Waals surface area contributed by atoms with E-state index in [1.54, 1.807) is 0 Å². The summed E-state index contributed by atoms with van der Waals surface area (Å²) in [5.41, 5.74) is 7.72. The van der Waals surface area contributed by atoms with E-state index in [0.717, 1.165) is 31.6 Å². The van der Waals surface area contributed by atoms with Gasteiger partial charge in [-0.15, -0.1) is 0 Å². The van der Waals surface area contributed by atoms with Crippen LogP contribution in [0.5, 0.6) is 0 Å². The number of rotatable bonds is 4. The molecular weight excluding hydrogens is 292 g/mol. The van der Waals surface area contributed by atoms with E-state index in [1.165, 1.54) is 33.3 Å². The van der Waals surface area contributed by atoms with Gasteiger partial charge in [-0.1, -0.05) is 32.6 Å². The van der Waals surface area contributed by atoms with E-state index in [9.17, 15) is 0 Å². The van der Waals surface area contributed by atoms with Crippen molar-refractivity contribution in [3.8, 4) is 0 Å². The quantitative estimate of drug-likeness (QED) is 0.608. The van der Waals surface area contributed by atoms with Crippen molar-refractivity contribution in [2.24, 2.45) is 0 Å². The third-order valence-electron chi connectivity index (χ3n) is 5.08. The molecule has 0 atom stereocenters. The minimum Gasteiger partial charge on any atom is -0.347 e. The zero-order chi connectivity index (χ0) is 16.7. The first-order valence-electron chi connectivity index (χ1n) is 8.88. The van der Waals surface area contributed by atoms with Gasteiger partial charge in [-0.25, -0.2) is 0 Å². The topological polar surface area (TPSA) is 8.17 Å². The highest BCUT2D eigenvalue weighted by molar-refractivity contribution is 5.89. The van der Waals surface area contributed by atoms with Gasteiger partial charge in [0.05, 0.1) is 0 Å². The standard InChI is InChI=1S/C22H24N2/c1-4-11-23-12-10-18-14-20(8-9-22(18)23)24-15-19-7-6-17(5-2)13-21(19)16(24)3/h6-10,12-14H,3-5,11,15H2,1-2H3. The van der Waals surface area contributed by atoms with Crippen molar-refractivity contribution in [2.75, 3.05) is 4.90 Å². The molecule has 0 bridgehead atoms. The molecule has 0 saturated carbocycles. The second-order valence-corrected chi connectivity index (χ2v) is 6.63. The maximum absolute atomic E-state index is 4.36. The average Bonchev–Trinajstić information content (AvgIpc) is 3.16. The molecule has 0 amide bonds. The summed E-state index contributed by atoms with van der Waals surface area (Å²) >= 11 is 0. The van der Waals surface area contributed by atoms with E-state index in [1.807, 2.05) is 0 Å². The summed E-state index contributed by atoms with van der Waals surface area (Å²) in [6, 6.07) is 15.8. The summed E-state index contributed by atoms with van der Waals surface area (Å²) in [6.45, 7) is 10.8. The molecule has 2 nitrogen and oxygen atoms in total. The molecule has 2 heteroatoms. The van der Waals surface area contributed by atoms with Crippen LogP contribution in [0.3, 0.4) is 0 Å². The minimum absolute atomic E-state index is 0.916. The molecule has 0 aliphatic carbocycles. The van der Waals surface area contributed by atoms with Crippen LogP contribution < -0.4 is 4.90 Å². The van der Waals surface area contributed by atoms with E-state index in [2.05, 4.69) is 78.6 Å². The number of hydrogen-bond acceptors (Lipinski definition) is 1. The molecule has 1 aromatic heterocycles. The van der Waals surface area contributed by atoms with Crippen LogP contribution in [-0.4, -0.2) is 4.57 Å². The lowest BCUT2D eigenvalue weighted by Crippen LogP contribution is -2.12. The Morgan fingerprint density at radius 3 is 2.71 bits per heavy atom. The van der Waals surface area contributed by atoms with Crippen LogP contribution in [0, 0.1) is 0 Å². The highest BCUT2D eigenvalue weighted by atomic mass is 15.2. The fraction of sp³-hybridized carbons (Fsp3) is 0.273. The van der Waals surface area contributed by atoms with Gasteiger partial charge < -0.3 is 9.47 Å². The van der Waals surface area contributed by atoms with Crippen molar-refractivity contribution in [1.82, 2.24) is 4.57 Å². The third-order valence-corrected chi connectivity index (χ3v) is 5.08. The number of fused-ring (bicyclic) bond motifs is 2. The molecule has 3 aromatic rings. The van der Waals surface area contributed by atoms with Crippen LogP contribution in [0.4, 0.5) is 5.69 Å². The van der Waals surface area contributed by atoms with Crippen LogP contribution in [0.25, 0.3) is 16.6 Å². The fourth-order valence-electron chi connectivity index (χ4n) is 3.70. The Morgan fingerprint density at radius 2 is 1.92 bits per heavy atom. The summed E-state index contributed by atoms with van der Waals surface area (Å²) in [7, 11) is 0. The molecular formula is C22H24N2. The number of anilines is 1. The summed E-state index contributed by atoms with van der Waals surface area (Å²) < 4.78 is 2.33. The smallest absolute Gasteiger partial charge is 0.0488 e. The zero-order valence-corrected chi connectivity index (χ0v) is 14.5. The Hall–Kier alpha value is -2.48. The van der Waals surface area contributed by atoms with Gasteiger partial charge in [0, 0.05) is 47.1 Å². The Kier molecular flexibility index (Phi) is 3.68. The van der Waals surface area contributed by atoms with E-state index in [4.69, 9.17) is 0 Å². The van der Waals surface area contributed by atoms with Crippen LogP contribution in [0.15, 0.2) is 55.2 Å². The van der Waals surface area contributed by atoms with Gasteiger partial charge in [-0.05, 0) is 54.3 Å². The third kappa shape index (κ3) is 2.34. The Bertz CT molecular complexity index is 917. The van der Waals surface area contributed by atoms with Crippen LogP contribution in [0.2, 0.25) is 0 Å². The number of aryl methyl sites for hydroxylation is 2. The Balaban J connectivity index is 1.69. The number of nitrogens with zero attached hydrogens (tertiary/aromatic N) is 2. The molecule has 24 heavy (non-hydrogen) atoms. The molecule has 122 valence electrons. The van der Waals surface area contributed by atoms with Crippen molar-refractivity contribution < 1.29 is 0 Å². The van der Waals surface area contributed by atoms with Crippen molar-refractivity contribution in [3.63, 3.8) is 0 Å². The lowest BCUT2D eigenvalue weighted by Gasteiger charge is -2.20. The lowest BCUT2D eigenvalue weighted by molar-refractivity contribution is 0.703. The number of hydrogen-bond donors (Lipinski definition) is 0. The zero-order valence-electron chi connectivity index (χ0n) is 14.5. The molecule has 2 heterocycles. The first-order chi connectivity index (χ1) is 11.7. The van der Waals surface area contributed by atoms with Gasteiger partial charge in [-0.3, -0.25) is 0 Å². The van der Waals surface area contributed by atoms with E-state index in [-0.39, 0.29) is 0 Å². The Morgan fingerprint density at radius 1 is 1.04 bits per heavy atom. The molecule has 2 aromatic carbocycles. The second kappa shape index (κ2) is 5.86. The fourth-order valence-corrected chi connectivity index (χ4v) is 3.70. The largest absolute Gasteiger partial charge is 0.347 e. The van der Waals surface area contributed by atoms with Gasteiger partial charge >= 0.3 is 0 Å². The normalized spacial score (nSPS) is 13.8. The highest BCUT2D eigenvalue weighted by Gasteiger charge is 2.23. The molecule has 0 spiro atoms. The summed E-state index contributed by atoms with van der Waals surface area (Å²) in [5, 5.41) is 1.30. The van der Waals surface area contributed by atoms with E-state index >= 15 is 0 Å². The summed E-state index contributed by atoms with van der Waals surface area (Å²) in [6.07, 6.45) is 4.42. The highest BCUT2D eigenvalue weighted by Crippen LogP contribution is 2.37. The monoisotopic (exact) mass is 316 g/mol. The van der Waals surface area contributed by atoms with Gasteiger partial charge in [0.2, 0.25) is 0 Å². The first kappa shape index (κ1) is 15.1. The minimum atomic E-state index is 0.916. The average molecular weight is 316 g/mol. The van der Waals surface area contributed by atoms with Crippen molar-refractivity contribution in [3.05, 3.63) is 71.9 Å². The number of aromatic nitrogens is 1. The van der Waals surface area contributed by atoms with Crippen LogP contribution >= 0.6 is 0 Å². The Labute approximate surface area is 144 Å². The summed E-state index contributed by atoms with van der Waals surface area (Å²) in [5.74, 6) is 0. The molecule has 1 aliphatic rings. The van der Waals surface area contributed by atoms with Crippen molar-refractivity contribution in [2.45, 2.75) is 39.8 Å². The number of benzene rings is 2. The van der Waals surface area contributed by atoms with Gasteiger partial charge in [0.1, 0.15) is 0 Å². The second-order valence-electron chi connectivity index (χ2n) is 6.63. The van der Waals surface area contributed by atoms with Gasteiger partial charge in [0.15, 0.2) is 0 Å². The first-order valence-corrected chi connectivity index (χ1v) is 8.88. The molecule has 0 N–H and O–H groups in total. The predicted molar refractivity (Wildman–Crippen MR) is 103 cm³/mol. The molecule has 0 fully saturated rings. The SMILES string of the molecule is C=C1c2cc(CC)ccc2CN1c1ccc2c(ccn2CCC)c1. The van der Waals surface area contributed by atoms with Crippen molar-refractivity contribution in [1.29, 1.82) is 0 Å². The van der Waals surface area contributed by atoms with Crippen molar-refractivity contribution >= 4 is 22.3 Å². The van der Waals surface area contributed by atoms with Crippen LogP contribution in [0.1, 0.15) is 37.0 Å². The maximum atomic E-state index is 4.36. The molecule has 1 aliphatic heterocycles.